The monoisotopic (exact) mass is 438 g/mol. The van der Waals surface area contributed by atoms with Gasteiger partial charge in [-0.25, -0.2) is 14.8 Å². The summed E-state index contributed by atoms with van der Waals surface area (Å²) in [7, 11) is 0. The number of benzene rings is 2. The van der Waals surface area contributed by atoms with Gasteiger partial charge in [0, 0.05) is 16.0 Å². The Bertz CT molecular complexity index is 1230. The van der Waals surface area contributed by atoms with Gasteiger partial charge in [-0.2, -0.15) is 0 Å². The van der Waals surface area contributed by atoms with Crippen molar-refractivity contribution in [3.05, 3.63) is 70.8 Å². The Balaban J connectivity index is 1.39. The minimum Gasteiger partial charge on any atom is -0.448 e. The molecular formula is C21H15ClN4O3S. The summed E-state index contributed by atoms with van der Waals surface area (Å²) >= 11 is 7.17. The van der Waals surface area contributed by atoms with Gasteiger partial charge >= 0.3 is 5.97 Å². The molecule has 0 saturated heterocycles. The van der Waals surface area contributed by atoms with Crippen LogP contribution in [-0.4, -0.2) is 32.9 Å². The smallest absolute Gasteiger partial charge is 0.359 e. The normalized spacial score (nSPS) is 11.8. The summed E-state index contributed by atoms with van der Waals surface area (Å²) in [5.74, 6) is -1.22. The average Bonchev–Trinajstić information content (AvgIpc) is 3.22. The van der Waals surface area contributed by atoms with Crippen LogP contribution in [0.5, 0.6) is 0 Å². The van der Waals surface area contributed by atoms with Crippen LogP contribution in [0, 0.1) is 0 Å². The zero-order valence-corrected chi connectivity index (χ0v) is 17.3. The molecule has 9 heteroatoms. The van der Waals surface area contributed by atoms with Crippen molar-refractivity contribution in [3.63, 3.8) is 0 Å². The molecule has 4 rings (SSSR count). The summed E-state index contributed by atoms with van der Waals surface area (Å²) in [5, 5.41) is 5.51. The van der Waals surface area contributed by atoms with Crippen LogP contribution in [0.4, 0.5) is 5.13 Å². The Labute approximate surface area is 180 Å². The Morgan fingerprint density at radius 1 is 1.07 bits per heavy atom. The number of ether oxygens (including phenoxy) is 1. The lowest BCUT2D eigenvalue weighted by Crippen LogP contribution is -2.30. The van der Waals surface area contributed by atoms with E-state index >= 15 is 0 Å². The number of hydrogen-bond acceptors (Lipinski definition) is 7. The first-order valence-electron chi connectivity index (χ1n) is 8.95. The number of halogens is 1. The molecule has 0 fully saturated rings. The summed E-state index contributed by atoms with van der Waals surface area (Å²) < 4.78 is 5.23. The molecule has 0 radical (unpaired) electrons. The number of nitrogens with one attached hydrogen (secondary N) is 1. The van der Waals surface area contributed by atoms with E-state index in [2.05, 4.69) is 20.3 Å². The van der Waals surface area contributed by atoms with Crippen molar-refractivity contribution >= 4 is 51.0 Å². The van der Waals surface area contributed by atoms with Gasteiger partial charge in [-0.05, 0) is 31.2 Å². The van der Waals surface area contributed by atoms with E-state index < -0.39 is 18.0 Å². The van der Waals surface area contributed by atoms with E-state index in [9.17, 15) is 9.59 Å². The van der Waals surface area contributed by atoms with Crippen LogP contribution in [0.25, 0.3) is 22.3 Å². The van der Waals surface area contributed by atoms with Crippen LogP contribution in [0.1, 0.15) is 17.4 Å². The van der Waals surface area contributed by atoms with Gasteiger partial charge in [0.05, 0.1) is 22.9 Å². The zero-order chi connectivity index (χ0) is 21.1. The van der Waals surface area contributed by atoms with Gasteiger partial charge in [-0.1, -0.05) is 35.9 Å². The molecule has 0 saturated carbocycles. The predicted octanol–water partition coefficient (Wildman–Crippen LogP) is 4.59. The summed E-state index contributed by atoms with van der Waals surface area (Å²) in [4.78, 5) is 37.5. The number of aromatic nitrogens is 3. The quantitative estimate of drug-likeness (QED) is 0.458. The SMILES string of the molecule is CC(OC(=O)c1cnc2ccccc2n1)C(=O)Nc1nc(-c2ccc(Cl)cc2)cs1. The van der Waals surface area contributed by atoms with Gasteiger partial charge in [0.25, 0.3) is 5.91 Å². The number of anilines is 1. The molecule has 0 spiro atoms. The van der Waals surface area contributed by atoms with Crippen molar-refractivity contribution in [2.24, 2.45) is 0 Å². The van der Waals surface area contributed by atoms with Crippen LogP contribution >= 0.6 is 22.9 Å². The van der Waals surface area contributed by atoms with Gasteiger partial charge in [0.1, 0.15) is 0 Å². The van der Waals surface area contributed by atoms with Crippen LogP contribution in [0.2, 0.25) is 5.02 Å². The lowest BCUT2D eigenvalue weighted by atomic mass is 10.2. The maximum Gasteiger partial charge on any atom is 0.359 e. The molecule has 0 bridgehead atoms. The molecule has 7 nitrogen and oxygen atoms in total. The standard InChI is InChI=1S/C21H15ClN4O3S/c1-12(29-20(28)17-10-23-15-4-2-3-5-16(15)24-17)19(27)26-21-25-18(11-30-21)13-6-8-14(22)9-7-13/h2-12H,1H3,(H,25,26,27). The van der Waals surface area contributed by atoms with Crippen molar-refractivity contribution < 1.29 is 14.3 Å². The van der Waals surface area contributed by atoms with Crippen molar-refractivity contribution in [2.45, 2.75) is 13.0 Å². The number of carbonyl (C=O) groups excluding carboxylic acids is 2. The second kappa shape index (κ2) is 8.56. The number of carbonyl (C=O) groups is 2. The second-order valence-electron chi connectivity index (χ2n) is 6.33. The first-order chi connectivity index (χ1) is 14.5. The maximum absolute atomic E-state index is 12.4. The van der Waals surface area contributed by atoms with E-state index in [0.717, 1.165) is 5.56 Å². The lowest BCUT2D eigenvalue weighted by molar-refractivity contribution is -0.123. The first-order valence-corrected chi connectivity index (χ1v) is 10.2. The fourth-order valence-electron chi connectivity index (χ4n) is 2.62. The Morgan fingerprint density at radius 2 is 1.80 bits per heavy atom. The number of para-hydroxylation sites is 2. The minimum absolute atomic E-state index is 0.0348. The van der Waals surface area contributed by atoms with Crippen LogP contribution < -0.4 is 5.32 Å². The highest BCUT2D eigenvalue weighted by Crippen LogP contribution is 2.26. The topological polar surface area (TPSA) is 94.1 Å². The minimum atomic E-state index is -1.03. The highest BCUT2D eigenvalue weighted by Gasteiger charge is 2.21. The lowest BCUT2D eigenvalue weighted by Gasteiger charge is -2.12. The van der Waals surface area contributed by atoms with Gasteiger partial charge in [0.15, 0.2) is 16.9 Å². The van der Waals surface area contributed by atoms with E-state index in [-0.39, 0.29) is 5.69 Å². The zero-order valence-electron chi connectivity index (χ0n) is 15.7. The van der Waals surface area contributed by atoms with E-state index in [1.165, 1.54) is 24.5 Å². The number of hydrogen-bond donors (Lipinski definition) is 1. The van der Waals surface area contributed by atoms with E-state index in [4.69, 9.17) is 16.3 Å². The molecule has 4 aromatic rings. The van der Waals surface area contributed by atoms with Crippen molar-refractivity contribution in [1.82, 2.24) is 15.0 Å². The highest BCUT2D eigenvalue weighted by molar-refractivity contribution is 7.14. The number of esters is 1. The van der Waals surface area contributed by atoms with Gasteiger partial charge in [0.2, 0.25) is 0 Å². The first kappa shape index (κ1) is 19.9. The van der Waals surface area contributed by atoms with Crippen LogP contribution in [0.15, 0.2) is 60.1 Å². The number of thiazole rings is 1. The van der Waals surface area contributed by atoms with Crippen molar-refractivity contribution in [3.8, 4) is 11.3 Å². The van der Waals surface area contributed by atoms with E-state index in [0.29, 0.717) is 26.9 Å². The molecule has 1 amide bonds. The molecule has 1 unspecified atom stereocenters. The Kier molecular flexibility index (Phi) is 5.69. The number of amides is 1. The van der Waals surface area contributed by atoms with Crippen molar-refractivity contribution in [2.75, 3.05) is 5.32 Å². The molecule has 2 heterocycles. The molecular weight excluding hydrogens is 424 g/mol. The molecule has 0 aliphatic rings. The molecule has 1 N–H and O–H groups in total. The second-order valence-corrected chi connectivity index (χ2v) is 7.62. The molecule has 2 aromatic carbocycles. The Morgan fingerprint density at radius 3 is 2.57 bits per heavy atom. The van der Waals surface area contributed by atoms with E-state index in [1.807, 2.05) is 23.6 Å². The third-order valence-electron chi connectivity index (χ3n) is 4.19. The summed E-state index contributed by atoms with van der Waals surface area (Å²) in [6.45, 7) is 1.48. The molecule has 150 valence electrons. The highest BCUT2D eigenvalue weighted by atomic mass is 35.5. The third kappa shape index (κ3) is 4.45. The maximum atomic E-state index is 12.4. The molecule has 1 atom stereocenters. The molecule has 30 heavy (non-hydrogen) atoms. The van der Waals surface area contributed by atoms with Crippen LogP contribution in [-0.2, 0) is 9.53 Å². The number of nitrogens with zero attached hydrogens (tertiary/aromatic N) is 3. The number of rotatable bonds is 5. The largest absolute Gasteiger partial charge is 0.448 e. The van der Waals surface area contributed by atoms with Gasteiger partial charge in [-0.15, -0.1) is 11.3 Å². The predicted molar refractivity (Wildman–Crippen MR) is 116 cm³/mol. The fourth-order valence-corrected chi connectivity index (χ4v) is 3.47. The molecule has 2 aromatic heterocycles. The molecule has 0 aliphatic carbocycles. The summed E-state index contributed by atoms with van der Waals surface area (Å²) in [5.41, 5.74) is 2.86. The van der Waals surface area contributed by atoms with Gasteiger partial charge in [-0.3, -0.25) is 15.1 Å². The van der Waals surface area contributed by atoms with Crippen molar-refractivity contribution in [1.29, 1.82) is 0 Å². The van der Waals surface area contributed by atoms with Crippen LogP contribution in [0.3, 0.4) is 0 Å². The Hall–Kier alpha value is -3.36. The van der Waals surface area contributed by atoms with Gasteiger partial charge < -0.3 is 4.74 Å². The summed E-state index contributed by atoms with van der Waals surface area (Å²) in [6.07, 6.45) is 0.294. The fraction of sp³-hybridized carbons (Fsp3) is 0.0952. The number of fused-ring (bicyclic) bond motifs is 1. The van der Waals surface area contributed by atoms with E-state index in [1.54, 1.807) is 30.3 Å². The average molecular weight is 439 g/mol. The molecule has 0 aliphatic heterocycles. The summed E-state index contributed by atoms with van der Waals surface area (Å²) in [6, 6.07) is 14.4. The third-order valence-corrected chi connectivity index (χ3v) is 5.19.